The van der Waals surface area contributed by atoms with Gasteiger partial charge in [-0.15, -0.1) is 0 Å². The SMILES string of the molecule is CN1CCN(c2ccc(C(F)(F)F)cc2NC(=O)c2ccc3ocnc3c2)CC1. The molecule has 152 valence electrons. The molecular formula is C20H19F3N4O2. The van der Waals surface area contributed by atoms with Crippen LogP contribution in [0.15, 0.2) is 47.2 Å². The Balaban J connectivity index is 1.66. The Morgan fingerprint density at radius 3 is 2.59 bits per heavy atom. The van der Waals surface area contributed by atoms with E-state index in [0.717, 1.165) is 25.2 Å². The Morgan fingerprint density at radius 2 is 1.86 bits per heavy atom. The summed E-state index contributed by atoms with van der Waals surface area (Å²) in [5.41, 5.74) is 1.21. The summed E-state index contributed by atoms with van der Waals surface area (Å²) in [6.45, 7) is 2.90. The van der Waals surface area contributed by atoms with Gasteiger partial charge < -0.3 is 19.5 Å². The lowest BCUT2D eigenvalue weighted by molar-refractivity contribution is -0.137. The van der Waals surface area contributed by atoms with Gasteiger partial charge in [-0.3, -0.25) is 4.79 Å². The van der Waals surface area contributed by atoms with Crippen LogP contribution in [0, 0.1) is 0 Å². The van der Waals surface area contributed by atoms with Crippen LogP contribution in [0.25, 0.3) is 11.1 Å². The first-order chi connectivity index (χ1) is 13.8. The first kappa shape index (κ1) is 19.3. The van der Waals surface area contributed by atoms with Crippen molar-refractivity contribution in [2.45, 2.75) is 6.18 Å². The van der Waals surface area contributed by atoms with Gasteiger partial charge in [-0.05, 0) is 43.4 Å². The number of piperazine rings is 1. The van der Waals surface area contributed by atoms with Crippen LogP contribution < -0.4 is 10.2 Å². The average molecular weight is 404 g/mol. The predicted octanol–water partition coefficient (Wildman–Crippen LogP) is 3.85. The summed E-state index contributed by atoms with van der Waals surface area (Å²) in [5.74, 6) is -0.510. The third-order valence-corrected chi connectivity index (χ3v) is 5.01. The first-order valence-electron chi connectivity index (χ1n) is 9.10. The molecule has 1 amide bonds. The molecule has 9 heteroatoms. The number of likely N-dealkylation sites (N-methyl/N-ethyl adjacent to an activating group) is 1. The number of benzene rings is 2. The molecule has 0 aliphatic carbocycles. The minimum atomic E-state index is -4.50. The lowest BCUT2D eigenvalue weighted by Gasteiger charge is -2.35. The van der Waals surface area contributed by atoms with Crippen LogP contribution in [0.1, 0.15) is 15.9 Å². The minimum Gasteiger partial charge on any atom is -0.443 e. The number of aromatic nitrogens is 1. The summed E-state index contributed by atoms with van der Waals surface area (Å²) >= 11 is 0. The van der Waals surface area contributed by atoms with E-state index < -0.39 is 17.6 Å². The molecule has 1 N–H and O–H groups in total. The maximum Gasteiger partial charge on any atom is 0.416 e. The summed E-state index contributed by atoms with van der Waals surface area (Å²) in [6.07, 6.45) is -3.23. The topological polar surface area (TPSA) is 61.6 Å². The van der Waals surface area contributed by atoms with E-state index in [2.05, 4.69) is 15.2 Å². The van der Waals surface area contributed by atoms with Gasteiger partial charge in [0.2, 0.25) is 0 Å². The van der Waals surface area contributed by atoms with Crippen molar-refractivity contribution in [2.24, 2.45) is 0 Å². The fourth-order valence-electron chi connectivity index (χ4n) is 3.33. The number of rotatable bonds is 3. The highest BCUT2D eigenvalue weighted by molar-refractivity contribution is 6.07. The van der Waals surface area contributed by atoms with Crippen molar-refractivity contribution in [1.82, 2.24) is 9.88 Å². The molecule has 2 aromatic carbocycles. The van der Waals surface area contributed by atoms with E-state index in [0.29, 0.717) is 29.9 Å². The zero-order valence-corrected chi connectivity index (χ0v) is 15.7. The van der Waals surface area contributed by atoms with Gasteiger partial charge in [0.05, 0.1) is 16.9 Å². The number of carbonyl (C=O) groups excluding carboxylic acids is 1. The normalized spacial score (nSPS) is 15.7. The van der Waals surface area contributed by atoms with Crippen LogP contribution in [0.3, 0.4) is 0 Å². The van der Waals surface area contributed by atoms with E-state index in [9.17, 15) is 18.0 Å². The molecule has 0 unspecified atom stereocenters. The molecule has 1 aliphatic rings. The number of fused-ring (bicyclic) bond motifs is 1. The molecule has 0 atom stereocenters. The highest BCUT2D eigenvalue weighted by atomic mass is 19.4. The Bertz CT molecular complexity index is 1040. The lowest BCUT2D eigenvalue weighted by Crippen LogP contribution is -2.44. The van der Waals surface area contributed by atoms with E-state index in [1.807, 2.05) is 11.9 Å². The molecule has 2 heterocycles. The van der Waals surface area contributed by atoms with Crippen molar-refractivity contribution in [3.8, 4) is 0 Å². The maximum atomic E-state index is 13.2. The van der Waals surface area contributed by atoms with Gasteiger partial charge in [0.25, 0.3) is 5.91 Å². The minimum absolute atomic E-state index is 0.134. The third kappa shape index (κ3) is 4.04. The fraction of sp³-hybridized carbons (Fsp3) is 0.300. The van der Waals surface area contributed by atoms with E-state index in [4.69, 9.17) is 4.42 Å². The van der Waals surface area contributed by atoms with Gasteiger partial charge >= 0.3 is 6.18 Å². The standard InChI is InChI=1S/C20H19F3N4O2/c1-26-6-8-27(9-7-26)17-4-3-14(20(21,22)23)11-15(17)25-19(28)13-2-5-18-16(10-13)24-12-29-18/h2-5,10-12H,6-9H2,1H3,(H,25,28). The number of halogens is 3. The first-order valence-corrected chi connectivity index (χ1v) is 9.10. The number of nitrogens with one attached hydrogen (secondary N) is 1. The number of anilines is 2. The quantitative estimate of drug-likeness (QED) is 0.719. The van der Waals surface area contributed by atoms with E-state index in [1.165, 1.54) is 18.5 Å². The van der Waals surface area contributed by atoms with Crippen LogP contribution in [0.5, 0.6) is 0 Å². The molecule has 4 rings (SSSR count). The Labute approximate surface area is 164 Å². The lowest BCUT2D eigenvalue weighted by atomic mass is 10.1. The summed E-state index contributed by atoms with van der Waals surface area (Å²) in [6, 6.07) is 8.14. The zero-order valence-electron chi connectivity index (χ0n) is 15.7. The summed E-state index contributed by atoms with van der Waals surface area (Å²) < 4.78 is 44.9. The smallest absolute Gasteiger partial charge is 0.416 e. The highest BCUT2D eigenvalue weighted by Gasteiger charge is 2.32. The van der Waals surface area contributed by atoms with Gasteiger partial charge in [0, 0.05) is 31.7 Å². The highest BCUT2D eigenvalue weighted by Crippen LogP contribution is 2.36. The van der Waals surface area contributed by atoms with Crippen LogP contribution in [-0.4, -0.2) is 49.0 Å². The summed E-state index contributed by atoms with van der Waals surface area (Å²) in [5, 5.41) is 2.65. The molecule has 3 aromatic rings. The van der Waals surface area contributed by atoms with Crippen molar-refractivity contribution in [3.05, 3.63) is 53.9 Å². The van der Waals surface area contributed by atoms with E-state index in [1.54, 1.807) is 12.1 Å². The zero-order chi connectivity index (χ0) is 20.6. The van der Waals surface area contributed by atoms with E-state index in [-0.39, 0.29) is 11.3 Å². The van der Waals surface area contributed by atoms with Gasteiger partial charge in [-0.25, -0.2) is 4.98 Å². The maximum absolute atomic E-state index is 13.2. The molecule has 1 aliphatic heterocycles. The second-order valence-corrected chi connectivity index (χ2v) is 7.01. The number of carbonyl (C=O) groups is 1. The van der Waals surface area contributed by atoms with Gasteiger partial charge in [-0.2, -0.15) is 13.2 Å². The van der Waals surface area contributed by atoms with Crippen LogP contribution in [0.2, 0.25) is 0 Å². The van der Waals surface area contributed by atoms with Crippen LogP contribution in [-0.2, 0) is 6.18 Å². The van der Waals surface area contributed by atoms with Crippen molar-refractivity contribution in [1.29, 1.82) is 0 Å². The van der Waals surface area contributed by atoms with Crippen molar-refractivity contribution in [3.63, 3.8) is 0 Å². The summed E-state index contributed by atoms with van der Waals surface area (Å²) in [7, 11) is 1.99. The van der Waals surface area contributed by atoms with Crippen molar-refractivity contribution >= 4 is 28.4 Å². The number of alkyl halides is 3. The Kier molecular flexibility index (Phi) is 4.91. The number of amides is 1. The largest absolute Gasteiger partial charge is 0.443 e. The monoisotopic (exact) mass is 404 g/mol. The van der Waals surface area contributed by atoms with Crippen LogP contribution >= 0.6 is 0 Å². The summed E-state index contributed by atoms with van der Waals surface area (Å²) in [4.78, 5) is 20.9. The third-order valence-electron chi connectivity index (χ3n) is 5.01. The number of hydrogen-bond acceptors (Lipinski definition) is 5. The molecular weight excluding hydrogens is 385 g/mol. The Morgan fingerprint density at radius 1 is 1.10 bits per heavy atom. The Hall–Kier alpha value is -3.07. The molecule has 6 nitrogen and oxygen atoms in total. The molecule has 1 saturated heterocycles. The van der Waals surface area contributed by atoms with Gasteiger partial charge in [-0.1, -0.05) is 0 Å². The number of nitrogens with zero attached hydrogens (tertiary/aromatic N) is 3. The fourth-order valence-corrected chi connectivity index (χ4v) is 3.33. The predicted molar refractivity (Wildman–Crippen MR) is 103 cm³/mol. The van der Waals surface area contributed by atoms with E-state index >= 15 is 0 Å². The molecule has 1 aromatic heterocycles. The second kappa shape index (κ2) is 7.40. The average Bonchev–Trinajstić information content (AvgIpc) is 3.16. The molecule has 0 radical (unpaired) electrons. The number of oxazole rings is 1. The molecule has 0 spiro atoms. The van der Waals surface area contributed by atoms with Crippen molar-refractivity contribution in [2.75, 3.05) is 43.4 Å². The molecule has 1 fully saturated rings. The van der Waals surface area contributed by atoms with Crippen LogP contribution in [0.4, 0.5) is 24.5 Å². The van der Waals surface area contributed by atoms with Crippen molar-refractivity contribution < 1.29 is 22.4 Å². The van der Waals surface area contributed by atoms with Gasteiger partial charge in [0.15, 0.2) is 12.0 Å². The molecule has 0 saturated carbocycles. The molecule has 29 heavy (non-hydrogen) atoms. The van der Waals surface area contributed by atoms with Gasteiger partial charge in [0.1, 0.15) is 5.52 Å². The number of hydrogen-bond donors (Lipinski definition) is 1. The second-order valence-electron chi connectivity index (χ2n) is 7.01. The molecule has 0 bridgehead atoms.